The van der Waals surface area contributed by atoms with E-state index >= 15 is 0 Å². The molecule has 0 atom stereocenters. The molecule has 1 aromatic carbocycles. The number of hydrogen-bond acceptors (Lipinski definition) is 4. The van der Waals surface area contributed by atoms with Crippen molar-refractivity contribution in [2.24, 2.45) is 0 Å². The molecule has 2 heterocycles. The van der Waals surface area contributed by atoms with Crippen LogP contribution in [0.2, 0.25) is 5.02 Å². The van der Waals surface area contributed by atoms with Gasteiger partial charge in [-0.3, -0.25) is 4.79 Å². The Kier molecular flexibility index (Phi) is 4.16. The Hall–Kier alpha value is -1.88. The largest absolute Gasteiger partial charge is 0.352 e. The highest BCUT2D eigenvalue weighted by Crippen LogP contribution is 2.31. The Morgan fingerprint density at radius 3 is 2.59 bits per heavy atom. The number of nitrogens with zero attached hydrogens (tertiary/aromatic N) is 4. The van der Waals surface area contributed by atoms with E-state index in [1.54, 1.807) is 6.92 Å². The van der Waals surface area contributed by atoms with Crippen LogP contribution in [-0.2, 0) is 11.2 Å². The van der Waals surface area contributed by atoms with Crippen LogP contribution >= 0.6 is 11.6 Å². The van der Waals surface area contributed by atoms with Gasteiger partial charge >= 0.3 is 0 Å². The molecule has 0 radical (unpaired) electrons. The van der Waals surface area contributed by atoms with Crippen LogP contribution in [0.5, 0.6) is 0 Å². The quantitative estimate of drug-likeness (QED) is 0.853. The van der Waals surface area contributed by atoms with E-state index in [2.05, 4.69) is 9.88 Å². The summed E-state index contributed by atoms with van der Waals surface area (Å²) in [6, 6.07) is 5.75. The molecule has 3 rings (SSSR count). The first-order valence-electron chi connectivity index (χ1n) is 7.55. The molecular weight excluding hydrogens is 300 g/mol. The molecule has 6 heteroatoms. The van der Waals surface area contributed by atoms with Gasteiger partial charge in [-0.2, -0.15) is 0 Å². The molecule has 0 aliphatic carbocycles. The number of amides is 1. The summed E-state index contributed by atoms with van der Waals surface area (Å²) in [5.74, 6) is 1.83. The number of aromatic nitrogens is 2. The standard InChI is InChI=1S/C16H19ClN4O/c1-3-14-18-13-6-4-5-12(17)15(13)16(19-14)21-9-7-20(8-10-21)11(2)22/h4-6H,3,7-10H2,1-2H3. The second-order valence-electron chi connectivity index (χ2n) is 5.44. The number of hydrogen-bond donors (Lipinski definition) is 0. The molecule has 0 saturated carbocycles. The number of piperazine rings is 1. The molecule has 1 fully saturated rings. The number of benzene rings is 1. The summed E-state index contributed by atoms with van der Waals surface area (Å²) in [4.78, 5) is 24.8. The van der Waals surface area contributed by atoms with Crippen LogP contribution in [0.15, 0.2) is 18.2 Å². The van der Waals surface area contributed by atoms with Gasteiger partial charge in [0.05, 0.1) is 15.9 Å². The fourth-order valence-corrected chi connectivity index (χ4v) is 3.04. The van der Waals surface area contributed by atoms with E-state index in [0.717, 1.165) is 42.1 Å². The fourth-order valence-electron chi connectivity index (χ4n) is 2.79. The van der Waals surface area contributed by atoms with Crippen LogP contribution in [0.25, 0.3) is 10.9 Å². The molecule has 5 nitrogen and oxygen atoms in total. The zero-order chi connectivity index (χ0) is 15.7. The lowest BCUT2D eigenvalue weighted by Crippen LogP contribution is -2.48. The number of fused-ring (bicyclic) bond motifs is 1. The smallest absolute Gasteiger partial charge is 0.219 e. The Labute approximate surface area is 134 Å². The molecule has 1 saturated heterocycles. The summed E-state index contributed by atoms with van der Waals surface area (Å²) in [7, 11) is 0. The summed E-state index contributed by atoms with van der Waals surface area (Å²) in [5, 5.41) is 1.57. The SMILES string of the molecule is CCc1nc(N2CCN(C(C)=O)CC2)c2c(Cl)cccc2n1. The fraction of sp³-hybridized carbons (Fsp3) is 0.438. The van der Waals surface area contributed by atoms with Crippen LogP contribution in [0.1, 0.15) is 19.7 Å². The lowest BCUT2D eigenvalue weighted by atomic mass is 10.2. The maximum absolute atomic E-state index is 11.5. The highest BCUT2D eigenvalue weighted by molar-refractivity contribution is 6.36. The summed E-state index contributed by atoms with van der Waals surface area (Å²) >= 11 is 6.38. The van der Waals surface area contributed by atoms with Crippen LogP contribution in [-0.4, -0.2) is 47.0 Å². The molecule has 0 spiro atoms. The molecule has 1 amide bonds. The first-order chi connectivity index (χ1) is 10.6. The first-order valence-corrected chi connectivity index (χ1v) is 7.93. The highest BCUT2D eigenvalue weighted by atomic mass is 35.5. The van der Waals surface area contributed by atoms with E-state index in [4.69, 9.17) is 16.6 Å². The zero-order valence-corrected chi connectivity index (χ0v) is 13.6. The molecule has 0 N–H and O–H groups in total. The monoisotopic (exact) mass is 318 g/mol. The molecular formula is C16H19ClN4O. The van der Waals surface area contributed by atoms with Crippen molar-refractivity contribution < 1.29 is 4.79 Å². The number of halogens is 1. The minimum atomic E-state index is 0.125. The van der Waals surface area contributed by atoms with E-state index < -0.39 is 0 Å². The van der Waals surface area contributed by atoms with Crippen molar-refractivity contribution in [1.82, 2.24) is 14.9 Å². The average Bonchev–Trinajstić information content (AvgIpc) is 2.54. The van der Waals surface area contributed by atoms with Crippen molar-refractivity contribution in [2.75, 3.05) is 31.1 Å². The van der Waals surface area contributed by atoms with E-state index in [1.807, 2.05) is 30.0 Å². The van der Waals surface area contributed by atoms with Gasteiger partial charge in [-0.25, -0.2) is 9.97 Å². The molecule has 1 aromatic heterocycles. The number of rotatable bonds is 2. The number of carbonyl (C=O) groups is 1. The Bertz CT molecular complexity index is 711. The van der Waals surface area contributed by atoms with Crippen molar-refractivity contribution in [3.05, 3.63) is 29.0 Å². The molecule has 22 heavy (non-hydrogen) atoms. The van der Waals surface area contributed by atoms with Crippen molar-refractivity contribution >= 4 is 34.2 Å². The second kappa shape index (κ2) is 6.08. The zero-order valence-electron chi connectivity index (χ0n) is 12.8. The van der Waals surface area contributed by atoms with Crippen LogP contribution in [0.3, 0.4) is 0 Å². The van der Waals surface area contributed by atoms with Gasteiger partial charge in [0.1, 0.15) is 11.6 Å². The Morgan fingerprint density at radius 2 is 1.95 bits per heavy atom. The van der Waals surface area contributed by atoms with Crippen molar-refractivity contribution in [2.45, 2.75) is 20.3 Å². The predicted molar refractivity (Wildman–Crippen MR) is 88.4 cm³/mol. The van der Waals surface area contributed by atoms with Gasteiger partial charge in [0.2, 0.25) is 5.91 Å². The summed E-state index contributed by atoms with van der Waals surface area (Å²) in [6.07, 6.45) is 0.781. The summed E-state index contributed by atoms with van der Waals surface area (Å²) in [6.45, 7) is 6.62. The van der Waals surface area contributed by atoms with E-state index in [9.17, 15) is 4.79 Å². The van der Waals surface area contributed by atoms with E-state index in [-0.39, 0.29) is 5.91 Å². The lowest BCUT2D eigenvalue weighted by Gasteiger charge is -2.35. The molecule has 116 valence electrons. The van der Waals surface area contributed by atoms with Gasteiger partial charge in [0.25, 0.3) is 0 Å². The van der Waals surface area contributed by atoms with Crippen molar-refractivity contribution in [1.29, 1.82) is 0 Å². The minimum Gasteiger partial charge on any atom is -0.352 e. The number of carbonyl (C=O) groups excluding carboxylic acids is 1. The third-order valence-corrected chi connectivity index (χ3v) is 4.36. The van der Waals surface area contributed by atoms with Crippen LogP contribution < -0.4 is 4.90 Å². The normalized spacial score (nSPS) is 15.4. The minimum absolute atomic E-state index is 0.125. The third kappa shape index (κ3) is 2.73. The first kappa shape index (κ1) is 15.0. The van der Waals surface area contributed by atoms with Gasteiger partial charge in [0.15, 0.2) is 0 Å². The van der Waals surface area contributed by atoms with Gasteiger partial charge in [-0.05, 0) is 12.1 Å². The van der Waals surface area contributed by atoms with Crippen molar-refractivity contribution in [3.8, 4) is 0 Å². The molecule has 0 unspecified atom stereocenters. The van der Waals surface area contributed by atoms with Crippen LogP contribution in [0.4, 0.5) is 5.82 Å². The second-order valence-corrected chi connectivity index (χ2v) is 5.85. The Morgan fingerprint density at radius 1 is 1.23 bits per heavy atom. The predicted octanol–water partition coefficient (Wildman–Crippen LogP) is 2.51. The maximum Gasteiger partial charge on any atom is 0.219 e. The maximum atomic E-state index is 11.5. The molecule has 1 aliphatic heterocycles. The van der Waals surface area contributed by atoms with E-state index in [1.165, 1.54) is 0 Å². The molecule has 0 bridgehead atoms. The topological polar surface area (TPSA) is 49.3 Å². The number of aryl methyl sites for hydroxylation is 1. The van der Waals surface area contributed by atoms with E-state index in [0.29, 0.717) is 18.1 Å². The van der Waals surface area contributed by atoms with Gasteiger partial charge in [-0.1, -0.05) is 24.6 Å². The summed E-state index contributed by atoms with van der Waals surface area (Å²) < 4.78 is 0. The lowest BCUT2D eigenvalue weighted by molar-refractivity contribution is -0.129. The third-order valence-electron chi connectivity index (χ3n) is 4.04. The van der Waals surface area contributed by atoms with Gasteiger partial charge in [-0.15, -0.1) is 0 Å². The molecule has 2 aromatic rings. The van der Waals surface area contributed by atoms with Crippen LogP contribution in [0, 0.1) is 0 Å². The average molecular weight is 319 g/mol. The summed E-state index contributed by atoms with van der Waals surface area (Å²) in [5.41, 5.74) is 0.878. The Balaban J connectivity index is 2.01. The van der Waals surface area contributed by atoms with Gasteiger partial charge < -0.3 is 9.80 Å². The number of anilines is 1. The van der Waals surface area contributed by atoms with Gasteiger partial charge in [0, 0.05) is 39.5 Å². The van der Waals surface area contributed by atoms with Crippen molar-refractivity contribution in [3.63, 3.8) is 0 Å². The highest BCUT2D eigenvalue weighted by Gasteiger charge is 2.22. The molecule has 1 aliphatic rings.